The van der Waals surface area contributed by atoms with E-state index < -0.39 is 0 Å². The van der Waals surface area contributed by atoms with Gasteiger partial charge in [-0.2, -0.15) is 0 Å². The molecule has 0 saturated carbocycles. The average Bonchev–Trinajstić information content (AvgIpc) is 2.77. The van der Waals surface area contributed by atoms with E-state index in [-0.39, 0.29) is 5.91 Å². The van der Waals surface area contributed by atoms with Gasteiger partial charge in [-0.25, -0.2) is 0 Å². The fourth-order valence-electron chi connectivity index (χ4n) is 2.60. The van der Waals surface area contributed by atoms with Crippen molar-refractivity contribution in [3.8, 4) is 0 Å². The minimum atomic E-state index is -0.0316. The second kappa shape index (κ2) is 5.54. The number of carbonyl (C=O) groups is 1. The van der Waals surface area contributed by atoms with Crippen LogP contribution in [-0.2, 0) is 11.3 Å². The van der Waals surface area contributed by atoms with Crippen molar-refractivity contribution in [1.82, 2.24) is 4.90 Å². The van der Waals surface area contributed by atoms with Crippen molar-refractivity contribution in [3.05, 3.63) is 65.2 Å². The monoisotopic (exact) mass is 278 g/mol. The largest absolute Gasteiger partial charge is 0.321 e. The molecule has 1 aliphatic rings. The summed E-state index contributed by atoms with van der Waals surface area (Å²) in [5.41, 5.74) is 4.90. The van der Waals surface area contributed by atoms with E-state index >= 15 is 0 Å². The molecule has 0 atom stereocenters. The number of nitrogens with zero attached hydrogens (tertiary/aromatic N) is 1. The maximum atomic E-state index is 12.2. The zero-order chi connectivity index (χ0) is 14.8. The Morgan fingerprint density at radius 3 is 2.57 bits per heavy atom. The molecule has 1 amide bonds. The third-order valence-corrected chi connectivity index (χ3v) is 3.55. The number of anilines is 1. The molecule has 1 N–H and O–H groups in total. The van der Waals surface area contributed by atoms with Gasteiger partial charge in [-0.1, -0.05) is 42.5 Å². The van der Waals surface area contributed by atoms with Gasteiger partial charge in [0.2, 0.25) is 0 Å². The van der Waals surface area contributed by atoms with Gasteiger partial charge in [0.25, 0.3) is 5.91 Å². The molecule has 0 aromatic heterocycles. The highest BCUT2D eigenvalue weighted by molar-refractivity contribution is 6.34. The Morgan fingerprint density at radius 2 is 1.76 bits per heavy atom. The van der Waals surface area contributed by atoms with E-state index in [1.54, 1.807) is 0 Å². The van der Waals surface area contributed by atoms with Crippen LogP contribution in [0, 0.1) is 0 Å². The summed E-state index contributed by atoms with van der Waals surface area (Å²) in [6, 6.07) is 16.0. The lowest BCUT2D eigenvalue weighted by atomic mass is 10.0. The molecule has 2 aromatic carbocycles. The summed E-state index contributed by atoms with van der Waals surface area (Å²) < 4.78 is 0. The number of nitrogens with one attached hydrogen (secondary N) is 1. The van der Waals surface area contributed by atoms with Gasteiger partial charge < -0.3 is 10.2 Å². The molecule has 3 rings (SSSR count). The number of fused-ring (bicyclic) bond motifs is 1. The number of amides is 1. The van der Waals surface area contributed by atoms with Crippen LogP contribution in [0.25, 0.3) is 11.6 Å². The molecular weight excluding hydrogens is 260 g/mol. The van der Waals surface area contributed by atoms with Gasteiger partial charge in [0.15, 0.2) is 0 Å². The standard InChI is InChI=1S/C18H18N2O/c1-20(2)12-14-8-4-3-7-13(14)11-16-15-9-5-6-10-17(15)19-18(16)21/h3-11H,12H2,1-2H3,(H,19,21). The molecule has 0 saturated heterocycles. The van der Waals surface area contributed by atoms with Crippen molar-refractivity contribution in [3.63, 3.8) is 0 Å². The van der Waals surface area contributed by atoms with Crippen molar-refractivity contribution in [2.24, 2.45) is 0 Å². The van der Waals surface area contributed by atoms with Gasteiger partial charge in [0.1, 0.15) is 0 Å². The van der Waals surface area contributed by atoms with E-state index in [1.807, 2.05) is 56.6 Å². The molecule has 3 nitrogen and oxygen atoms in total. The van der Waals surface area contributed by atoms with Gasteiger partial charge in [-0.15, -0.1) is 0 Å². The number of carbonyl (C=O) groups excluding carboxylic acids is 1. The lowest BCUT2D eigenvalue weighted by molar-refractivity contribution is -0.110. The van der Waals surface area contributed by atoms with E-state index in [2.05, 4.69) is 22.3 Å². The highest BCUT2D eigenvalue weighted by Gasteiger charge is 2.23. The van der Waals surface area contributed by atoms with Crippen molar-refractivity contribution < 1.29 is 4.79 Å². The molecule has 0 unspecified atom stereocenters. The van der Waals surface area contributed by atoms with Crippen LogP contribution < -0.4 is 5.32 Å². The van der Waals surface area contributed by atoms with Gasteiger partial charge in [0.05, 0.1) is 0 Å². The molecule has 0 spiro atoms. The SMILES string of the molecule is CN(C)Cc1ccccc1C=C1C(=O)Nc2ccccc21. The second-order valence-electron chi connectivity index (χ2n) is 5.49. The first-order valence-corrected chi connectivity index (χ1v) is 7.00. The average molecular weight is 278 g/mol. The van der Waals surface area contributed by atoms with E-state index in [0.29, 0.717) is 0 Å². The minimum absolute atomic E-state index is 0.0316. The lowest BCUT2D eigenvalue weighted by Crippen LogP contribution is -2.11. The topological polar surface area (TPSA) is 32.3 Å². The van der Waals surface area contributed by atoms with Crippen LogP contribution >= 0.6 is 0 Å². The normalized spacial score (nSPS) is 15.4. The van der Waals surface area contributed by atoms with Gasteiger partial charge in [-0.3, -0.25) is 4.79 Å². The summed E-state index contributed by atoms with van der Waals surface area (Å²) >= 11 is 0. The van der Waals surface area contributed by atoms with E-state index in [4.69, 9.17) is 0 Å². The first-order chi connectivity index (χ1) is 10.1. The van der Waals surface area contributed by atoms with Crippen LogP contribution in [0.2, 0.25) is 0 Å². The smallest absolute Gasteiger partial charge is 0.256 e. The maximum absolute atomic E-state index is 12.2. The zero-order valence-electron chi connectivity index (χ0n) is 12.3. The number of hydrogen-bond acceptors (Lipinski definition) is 2. The van der Waals surface area contributed by atoms with Crippen molar-refractivity contribution >= 4 is 23.2 Å². The Labute approximate surface area is 124 Å². The van der Waals surface area contributed by atoms with Gasteiger partial charge >= 0.3 is 0 Å². The molecule has 1 heterocycles. The van der Waals surface area contributed by atoms with E-state index in [9.17, 15) is 4.79 Å². The molecule has 0 aliphatic carbocycles. The van der Waals surface area contributed by atoms with Crippen LogP contribution in [0.15, 0.2) is 48.5 Å². The van der Waals surface area contributed by atoms with Crippen molar-refractivity contribution in [2.75, 3.05) is 19.4 Å². The number of para-hydroxylation sites is 1. The van der Waals surface area contributed by atoms with Crippen molar-refractivity contribution in [1.29, 1.82) is 0 Å². The zero-order valence-corrected chi connectivity index (χ0v) is 12.3. The van der Waals surface area contributed by atoms with Crippen LogP contribution in [0.3, 0.4) is 0 Å². The van der Waals surface area contributed by atoms with Crippen LogP contribution in [-0.4, -0.2) is 24.9 Å². The Hall–Kier alpha value is -2.39. The fraction of sp³-hybridized carbons (Fsp3) is 0.167. The number of hydrogen-bond donors (Lipinski definition) is 1. The molecule has 106 valence electrons. The molecule has 1 aliphatic heterocycles. The first kappa shape index (κ1) is 13.6. The lowest BCUT2D eigenvalue weighted by Gasteiger charge is -2.12. The highest BCUT2D eigenvalue weighted by atomic mass is 16.2. The van der Waals surface area contributed by atoms with E-state index in [1.165, 1.54) is 5.56 Å². The van der Waals surface area contributed by atoms with Crippen LogP contribution in [0.4, 0.5) is 5.69 Å². The summed E-state index contributed by atoms with van der Waals surface area (Å²) in [6.45, 7) is 0.850. The third kappa shape index (κ3) is 2.73. The Kier molecular flexibility index (Phi) is 3.59. The summed E-state index contributed by atoms with van der Waals surface area (Å²) in [7, 11) is 4.09. The summed E-state index contributed by atoms with van der Waals surface area (Å²) in [5, 5.41) is 2.91. The number of benzene rings is 2. The number of rotatable bonds is 3. The molecule has 0 radical (unpaired) electrons. The van der Waals surface area contributed by atoms with Gasteiger partial charge in [0, 0.05) is 23.4 Å². The Bertz CT molecular complexity index is 717. The Morgan fingerprint density at radius 1 is 1.05 bits per heavy atom. The van der Waals surface area contributed by atoms with E-state index in [0.717, 1.165) is 28.9 Å². The van der Waals surface area contributed by atoms with Crippen LogP contribution in [0.5, 0.6) is 0 Å². The van der Waals surface area contributed by atoms with Crippen LogP contribution in [0.1, 0.15) is 16.7 Å². The summed E-state index contributed by atoms with van der Waals surface area (Å²) in [4.78, 5) is 14.3. The third-order valence-electron chi connectivity index (χ3n) is 3.55. The Balaban J connectivity index is 2.05. The molecule has 0 bridgehead atoms. The maximum Gasteiger partial charge on any atom is 0.256 e. The first-order valence-electron chi connectivity index (χ1n) is 7.00. The quantitative estimate of drug-likeness (QED) is 0.874. The molecular formula is C18H18N2O. The second-order valence-corrected chi connectivity index (χ2v) is 5.49. The summed E-state index contributed by atoms with van der Waals surface area (Å²) in [5.74, 6) is -0.0316. The summed E-state index contributed by atoms with van der Waals surface area (Å²) in [6.07, 6.45) is 1.99. The predicted molar refractivity (Wildman–Crippen MR) is 86.8 cm³/mol. The molecule has 2 aromatic rings. The molecule has 3 heteroatoms. The molecule has 21 heavy (non-hydrogen) atoms. The molecule has 0 fully saturated rings. The fourth-order valence-corrected chi connectivity index (χ4v) is 2.60. The highest BCUT2D eigenvalue weighted by Crippen LogP contribution is 2.33. The minimum Gasteiger partial charge on any atom is -0.321 e. The van der Waals surface area contributed by atoms with Gasteiger partial charge in [-0.05, 0) is 37.4 Å². The predicted octanol–water partition coefficient (Wildman–Crippen LogP) is 3.24. The van der Waals surface area contributed by atoms with Crippen molar-refractivity contribution in [2.45, 2.75) is 6.54 Å².